The Morgan fingerprint density at radius 2 is 2.30 bits per heavy atom. The largest absolute Gasteiger partial charge is 0.504 e. The molecule has 0 radical (unpaired) electrons. The Hall–Kier alpha value is -1.55. The maximum atomic E-state index is 12.6. The lowest BCUT2D eigenvalue weighted by atomic mass is 9.51. The number of piperidine rings is 1. The van der Waals surface area contributed by atoms with Crippen molar-refractivity contribution in [3.8, 4) is 11.5 Å². The second-order valence-corrected chi connectivity index (χ2v) is 7.74. The summed E-state index contributed by atoms with van der Waals surface area (Å²) in [5.74, 6) is 1.55. The number of carbonyl (C=O) groups is 1. The zero-order valence-corrected chi connectivity index (χ0v) is 13.8. The number of carbonyl (C=O) groups excluding carboxylic acids is 1. The van der Waals surface area contributed by atoms with E-state index in [1.54, 1.807) is 0 Å². The van der Waals surface area contributed by atoms with E-state index in [4.69, 9.17) is 4.74 Å². The Morgan fingerprint density at radius 1 is 1.48 bits per heavy atom. The summed E-state index contributed by atoms with van der Waals surface area (Å²) >= 11 is 0. The predicted octanol–water partition coefficient (Wildman–Crippen LogP) is 2.19. The summed E-state index contributed by atoms with van der Waals surface area (Å²) < 4.78 is 6.14. The Balaban J connectivity index is 1.84. The molecular weight excluding hydrogens is 290 g/mol. The summed E-state index contributed by atoms with van der Waals surface area (Å²) in [6, 6.07) is 2.36. The van der Waals surface area contributed by atoms with Crippen LogP contribution in [0.2, 0.25) is 0 Å². The third kappa shape index (κ3) is 1.44. The van der Waals surface area contributed by atoms with Crippen LogP contribution in [0.15, 0.2) is 6.07 Å². The van der Waals surface area contributed by atoms with Crippen LogP contribution in [0.4, 0.5) is 0 Å². The average Bonchev–Trinajstić information content (AvgIpc) is 2.89. The Kier molecular flexibility index (Phi) is 2.59. The molecule has 0 aromatic heterocycles. The SMILES string of the molecule is CCc1cc(O)c2c3c1C[C@@H]1[C@@H]4CCC(=O)[C@H](O2)[C@]34CCN1C. The van der Waals surface area contributed by atoms with Gasteiger partial charge < -0.3 is 14.7 Å². The van der Waals surface area contributed by atoms with Crippen LogP contribution in [0, 0.1) is 5.92 Å². The number of phenols is 1. The Labute approximate surface area is 136 Å². The second kappa shape index (κ2) is 4.29. The van der Waals surface area contributed by atoms with Crippen molar-refractivity contribution in [2.24, 2.45) is 5.92 Å². The summed E-state index contributed by atoms with van der Waals surface area (Å²) in [6.45, 7) is 3.14. The van der Waals surface area contributed by atoms with Crippen molar-refractivity contribution in [1.29, 1.82) is 0 Å². The highest BCUT2D eigenvalue weighted by Gasteiger charge is 2.65. The normalized spacial score (nSPS) is 37.5. The van der Waals surface area contributed by atoms with E-state index in [1.807, 2.05) is 6.07 Å². The van der Waals surface area contributed by atoms with Crippen LogP contribution in [0.1, 0.15) is 42.9 Å². The molecule has 4 atom stereocenters. The molecule has 2 heterocycles. The number of ketones is 1. The Bertz CT molecular complexity index is 728. The predicted molar refractivity (Wildman–Crippen MR) is 86.0 cm³/mol. The lowest BCUT2D eigenvalue weighted by Gasteiger charge is -2.57. The first-order valence-corrected chi connectivity index (χ1v) is 8.85. The highest BCUT2D eigenvalue weighted by Crippen LogP contribution is 2.63. The van der Waals surface area contributed by atoms with E-state index in [9.17, 15) is 9.90 Å². The smallest absolute Gasteiger partial charge is 0.174 e. The summed E-state index contributed by atoms with van der Waals surface area (Å²) in [6.07, 6.45) is 4.11. The van der Waals surface area contributed by atoms with Gasteiger partial charge in [0.1, 0.15) is 0 Å². The van der Waals surface area contributed by atoms with Crippen molar-refractivity contribution >= 4 is 5.78 Å². The van der Waals surface area contributed by atoms with Crippen molar-refractivity contribution in [1.82, 2.24) is 4.90 Å². The molecule has 4 heteroatoms. The van der Waals surface area contributed by atoms with Crippen molar-refractivity contribution in [3.05, 3.63) is 22.8 Å². The molecule has 5 rings (SSSR count). The third-order valence-electron chi connectivity index (χ3n) is 6.99. The number of nitrogens with zero attached hydrogens (tertiary/aromatic N) is 1. The number of aromatic hydroxyl groups is 1. The molecule has 1 aromatic rings. The van der Waals surface area contributed by atoms with E-state index in [-0.39, 0.29) is 23.1 Å². The quantitative estimate of drug-likeness (QED) is 0.863. The molecule has 0 amide bonds. The number of phenolic OH excluding ortho intramolecular Hbond substituents is 1. The monoisotopic (exact) mass is 313 g/mol. The minimum absolute atomic E-state index is 0.182. The number of ether oxygens (including phenoxy) is 1. The molecule has 4 aliphatic rings. The van der Waals surface area contributed by atoms with Crippen LogP contribution < -0.4 is 4.74 Å². The standard InChI is InChI=1S/C19H23NO3/c1-3-10-8-15(22)17-16-11(10)9-13-12-4-5-14(21)18(23-17)19(12,16)6-7-20(13)2/h8,12-13,18,22H,3-7,9H2,1-2H3/t12-,13+,18-,19-/m0/s1. The first-order valence-electron chi connectivity index (χ1n) is 8.85. The summed E-state index contributed by atoms with van der Waals surface area (Å²) in [5, 5.41) is 10.5. The van der Waals surface area contributed by atoms with Crippen molar-refractivity contribution in [2.75, 3.05) is 13.6 Å². The van der Waals surface area contributed by atoms with Gasteiger partial charge in [-0.25, -0.2) is 0 Å². The molecule has 2 bridgehead atoms. The molecule has 0 unspecified atom stereocenters. The van der Waals surface area contributed by atoms with Crippen LogP contribution >= 0.6 is 0 Å². The zero-order chi connectivity index (χ0) is 15.9. The molecule has 4 nitrogen and oxygen atoms in total. The fourth-order valence-electron chi connectivity index (χ4n) is 6.00. The topological polar surface area (TPSA) is 49.8 Å². The van der Waals surface area contributed by atoms with Crippen LogP contribution in [0.3, 0.4) is 0 Å². The second-order valence-electron chi connectivity index (χ2n) is 7.74. The van der Waals surface area contributed by atoms with Gasteiger partial charge in [-0.1, -0.05) is 6.92 Å². The molecule has 1 N–H and O–H groups in total. The number of hydrogen-bond donors (Lipinski definition) is 1. The van der Waals surface area contributed by atoms with Gasteiger partial charge in [-0.15, -0.1) is 0 Å². The Morgan fingerprint density at radius 3 is 3.09 bits per heavy atom. The fourth-order valence-corrected chi connectivity index (χ4v) is 6.00. The molecule has 1 aromatic carbocycles. The minimum Gasteiger partial charge on any atom is -0.504 e. The number of benzene rings is 1. The molecule has 122 valence electrons. The highest BCUT2D eigenvalue weighted by molar-refractivity contribution is 5.89. The van der Waals surface area contributed by atoms with E-state index < -0.39 is 0 Å². The number of likely N-dealkylation sites (N-methyl/N-ethyl adjacent to an activating group) is 1. The number of likely N-dealkylation sites (tertiary alicyclic amines) is 1. The number of aryl methyl sites for hydroxylation is 1. The fraction of sp³-hybridized carbons (Fsp3) is 0.632. The maximum absolute atomic E-state index is 12.6. The first-order chi connectivity index (χ1) is 11.1. The number of hydrogen-bond acceptors (Lipinski definition) is 4. The van der Waals surface area contributed by atoms with Gasteiger partial charge in [-0.3, -0.25) is 4.79 Å². The van der Waals surface area contributed by atoms with E-state index >= 15 is 0 Å². The van der Waals surface area contributed by atoms with E-state index in [0.717, 1.165) is 32.2 Å². The molecular formula is C19H23NO3. The first kappa shape index (κ1) is 13.8. The average molecular weight is 313 g/mol. The van der Waals surface area contributed by atoms with Crippen LogP contribution in [-0.4, -0.2) is 41.5 Å². The number of rotatable bonds is 1. The zero-order valence-electron chi connectivity index (χ0n) is 13.8. The lowest BCUT2D eigenvalue weighted by Crippen LogP contribution is -2.65. The molecule has 2 fully saturated rings. The van der Waals surface area contributed by atoms with Gasteiger partial charge in [0.15, 0.2) is 23.4 Å². The van der Waals surface area contributed by atoms with Gasteiger partial charge in [-0.2, -0.15) is 0 Å². The molecule has 1 saturated carbocycles. The van der Waals surface area contributed by atoms with E-state index in [0.29, 0.717) is 24.1 Å². The minimum atomic E-state index is -0.371. The van der Waals surface area contributed by atoms with Gasteiger partial charge in [0, 0.05) is 23.4 Å². The maximum Gasteiger partial charge on any atom is 0.174 e. The summed E-state index contributed by atoms with van der Waals surface area (Å²) in [7, 11) is 2.22. The van der Waals surface area contributed by atoms with Crippen molar-refractivity contribution in [3.63, 3.8) is 0 Å². The van der Waals surface area contributed by atoms with Crippen LogP contribution in [0.5, 0.6) is 11.5 Å². The van der Waals surface area contributed by atoms with Gasteiger partial charge in [0.2, 0.25) is 0 Å². The van der Waals surface area contributed by atoms with Gasteiger partial charge >= 0.3 is 0 Å². The van der Waals surface area contributed by atoms with Crippen LogP contribution in [0.25, 0.3) is 0 Å². The molecule has 1 saturated heterocycles. The van der Waals surface area contributed by atoms with Gasteiger partial charge in [-0.05, 0) is 62.4 Å². The van der Waals surface area contributed by atoms with Crippen molar-refractivity contribution in [2.45, 2.75) is 56.6 Å². The molecule has 2 aliphatic heterocycles. The lowest BCUT2D eigenvalue weighted by molar-refractivity contribution is -0.138. The third-order valence-corrected chi connectivity index (χ3v) is 6.99. The molecule has 2 aliphatic carbocycles. The van der Waals surface area contributed by atoms with Gasteiger partial charge in [0.05, 0.1) is 0 Å². The van der Waals surface area contributed by atoms with Crippen LogP contribution in [-0.2, 0) is 23.1 Å². The highest BCUT2D eigenvalue weighted by atomic mass is 16.5. The molecule has 1 spiro atoms. The number of Topliss-reactive ketones (excluding diaryl/α,β-unsaturated/α-hetero) is 1. The van der Waals surface area contributed by atoms with Crippen molar-refractivity contribution < 1.29 is 14.6 Å². The molecule has 23 heavy (non-hydrogen) atoms. The van der Waals surface area contributed by atoms with E-state index in [2.05, 4.69) is 18.9 Å². The summed E-state index contributed by atoms with van der Waals surface area (Å²) in [4.78, 5) is 15.1. The van der Waals surface area contributed by atoms with E-state index in [1.165, 1.54) is 16.7 Å². The summed E-state index contributed by atoms with van der Waals surface area (Å²) in [5.41, 5.74) is 3.59. The van der Waals surface area contributed by atoms with Gasteiger partial charge in [0.25, 0.3) is 0 Å².